The van der Waals surface area contributed by atoms with Gasteiger partial charge in [-0.3, -0.25) is 14.6 Å². The average Bonchev–Trinajstić information content (AvgIpc) is 3.10. The van der Waals surface area contributed by atoms with Crippen molar-refractivity contribution in [3.63, 3.8) is 0 Å². The first-order valence-electron chi connectivity index (χ1n) is 7.78. The summed E-state index contributed by atoms with van der Waals surface area (Å²) in [4.78, 5) is 12.1. The Morgan fingerprint density at radius 1 is 1.32 bits per heavy atom. The van der Waals surface area contributed by atoms with Gasteiger partial charge in [-0.2, -0.15) is 10.2 Å². The lowest BCUT2D eigenvalue weighted by Gasteiger charge is -2.15. The van der Waals surface area contributed by atoms with Crippen molar-refractivity contribution in [3.05, 3.63) is 52.3 Å². The fraction of sp³-hybridized carbons (Fsp3) is 0.235. The van der Waals surface area contributed by atoms with Crippen molar-refractivity contribution in [2.45, 2.75) is 12.2 Å². The zero-order valence-electron chi connectivity index (χ0n) is 13.7. The molecule has 6 nitrogen and oxygen atoms in total. The first kappa shape index (κ1) is 16.2. The normalized spacial score (nSPS) is 17.1. The number of hydrogen-bond donors (Lipinski definition) is 2. The van der Waals surface area contributed by atoms with Gasteiger partial charge in [0.05, 0.1) is 28.6 Å². The second kappa shape index (κ2) is 6.24. The van der Waals surface area contributed by atoms with Crippen LogP contribution in [0.4, 0.5) is 5.82 Å². The van der Waals surface area contributed by atoms with Gasteiger partial charge in [0.25, 0.3) is 0 Å². The molecule has 25 heavy (non-hydrogen) atoms. The van der Waals surface area contributed by atoms with Crippen molar-refractivity contribution in [1.82, 2.24) is 20.0 Å². The number of benzene rings is 1. The molecule has 1 amide bonds. The van der Waals surface area contributed by atoms with Gasteiger partial charge in [0.2, 0.25) is 5.91 Å². The van der Waals surface area contributed by atoms with E-state index in [4.69, 9.17) is 11.6 Å². The van der Waals surface area contributed by atoms with Crippen LogP contribution in [0.25, 0.3) is 11.3 Å². The van der Waals surface area contributed by atoms with Gasteiger partial charge < -0.3 is 5.32 Å². The predicted octanol–water partition coefficient (Wildman–Crippen LogP) is 3.55. The minimum atomic E-state index is -0.0351. The minimum absolute atomic E-state index is 0.0201. The number of anilines is 1. The number of aromatic amines is 1. The second-order valence-electron chi connectivity index (χ2n) is 5.92. The van der Waals surface area contributed by atoms with Crippen LogP contribution >= 0.6 is 23.4 Å². The third kappa shape index (κ3) is 2.83. The summed E-state index contributed by atoms with van der Waals surface area (Å²) in [6, 6.07) is 7.63. The van der Waals surface area contributed by atoms with Gasteiger partial charge in [-0.05, 0) is 24.6 Å². The quantitative estimate of drug-likeness (QED) is 0.720. The Morgan fingerprint density at radius 3 is 2.84 bits per heavy atom. The second-order valence-corrected chi connectivity index (χ2v) is 7.45. The van der Waals surface area contributed by atoms with E-state index in [1.807, 2.05) is 44.4 Å². The Hall–Kier alpha value is -2.25. The van der Waals surface area contributed by atoms with Gasteiger partial charge >= 0.3 is 0 Å². The lowest BCUT2D eigenvalue weighted by Crippen LogP contribution is -2.15. The number of aryl methyl sites for hydroxylation is 2. The third-order valence-corrected chi connectivity index (χ3v) is 5.76. The van der Waals surface area contributed by atoms with Crippen LogP contribution in [0.1, 0.15) is 22.1 Å². The number of carbonyl (C=O) groups is 1. The van der Waals surface area contributed by atoms with E-state index in [1.165, 1.54) is 0 Å². The number of nitrogens with one attached hydrogen (secondary N) is 2. The van der Waals surface area contributed by atoms with Crippen molar-refractivity contribution < 1.29 is 4.79 Å². The molecule has 3 heterocycles. The largest absolute Gasteiger partial charge is 0.310 e. The highest BCUT2D eigenvalue weighted by Gasteiger charge is 2.31. The average molecular weight is 374 g/mol. The highest BCUT2D eigenvalue weighted by Crippen LogP contribution is 2.45. The summed E-state index contributed by atoms with van der Waals surface area (Å²) < 4.78 is 1.73. The number of hydrogen-bond acceptors (Lipinski definition) is 4. The molecule has 4 rings (SSSR count). The van der Waals surface area contributed by atoms with E-state index >= 15 is 0 Å². The Kier molecular flexibility index (Phi) is 4.05. The Balaban J connectivity index is 1.85. The Morgan fingerprint density at radius 2 is 2.08 bits per heavy atom. The summed E-state index contributed by atoms with van der Waals surface area (Å²) in [5.41, 5.74) is 4.89. The van der Waals surface area contributed by atoms with Gasteiger partial charge in [-0.15, -0.1) is 11.8 Å². The summed E-state index contributed by atoms with van der Waals surface area (Å²) >= 11 is 7.58. The molecule has 0 fully saturated rings. The molecule has 2 aromatic heterocycles. The number of thioether (sulfide) groups is 1. The molecular formula is C17H16ClN5OS. The van der Waals surface area contributed by atoms with Gasteiger partial charge in [-0.25, -0.2) is 0 Å². The number of aromatic nitrogens is 4. The molecule has 8 heteroatoms. The summed E-state index contributed by atoms with van der Waals surface area (Å²) in [5, 5.41) is 15.4. The van der Waals surface area contributed by atoms with Crippen LogP contribution in [0, 0.1) is 6.92 Å². The monoisotopic (exact) mass is 373 g/mol. The van der Waals surface area contributed by atoms with Gasteiger partial charge in [0, 0.05) is 23.2 Å². The summed E-state index contributed by atoms with van der Waals surface area (Å²) in [6.07, 6.45) is 1.83. The molecular weight excluding hydrogens is 358 g/mol. The maximum Gasteiger partial charge on any atom is 0.235 e. The topological polar surface area (TPSA) is 75.6 Å². The zero-order valence-corrected chi connectivity index (χ0v) is 15.3. The van der Waals surface area contributed by atoms with Crippen molar-refractivity contribution in [3.8, 4) is 11.3 Å². The predicted molar refractivity (Wildman–Crippen MR) is 99.9 cm³/mol. The van der Waals surface area contributed by atoms with Crippen LogP contribution in [0.15, 0.2) is 30.5 Å². The number of nitrogens with zero attached hydrogens (tertiary/aromatic N) is 3. The van der Waals surface area contributed by atoms with E-state index in [2.05, 4.69) is 20.6 Å². The molecule has 1 atom stereocenters. The lowest BCUT2D eigenvalue weighted by molar-refractivity contribution is -0.113. The van der Waals surface area contributed by atoms with Gasteiger partial charge in [0.15, 0.2) is 0 Å². The summed E-state index contributed by atoms with van der Waals surface area (Å²) in [6.45, 7) is 1.96. The molecule has 3 aromatic rings. The highest BCUT2D eigenvalue weighted by molar-refractivity contribution is 8.00. The van der Waals surface area contributed by atoms with Gasteiger partial charge in [0.1, 0.15) is 5.82 Å². The molecule has 1 aliphatic rings. The molecule has 0 radical (unpaired) electrons. The van der Waals surface area contributed by atoms with Crippen molar-refractivity contribution in [2.75, 3.05) is 11.1 Å². The van der Waals surface area contributed by atoms with Crippen molar-refractivity contribution >= 4 is 35.1 Å². The molecule has 0 spiro atoms. The van der Waals surface area contributed by atoms with E-state index in [1.54, 1.807) is 16.4 Å². The van der Waals surface area contributed by atoms with E-state index in [9.17, 15) is 4.79 Å². The zero-order chi connectivity index (χ0) is 17.6. The molecule has 1 unspecified atom stereocenters. The Labute approximate surface area is 154 Å². The van der Waals surface area contributed by atoms with E-state index in [0.717, 1.165) is 33.9 Å². The lowest BCUT2D eigenvalue weighted by atomic mass is 10.0. The molecule has 1 aromatic carbocycles. The summed E-state index contributed by atoms with van der Waals surface area (Å²) in [7, 11) is 1.84. The molecule has 0 saturated heterocycles. The molecule has 0 aliphatic carbocycles. The minimum Gasteiger partial charge on any atom is -0.310 e. The maximum absolute atomic E-state index is 12.1. The SMILES string of the molecule is Cc1nn(C)c2c1C(c1cn[nH]c1-c1ccc(Cl)cc1)SCC(=O)N2. The number of carbonyl (C=O) groups excluding carboxylic acids is 1. The molecule has 128 valence electrons. The first-order valence-corrected chi connectivity index (χ1v) is 9.21. The van der Waals surface area contributed by atoms with Crippen molar-refractivity contribution in [2.24, 2.45) is 7.05 Å². The Bertz CT molecular complexity index is 947. The molecule has 2 N–H and O–H groups in total. The number of rotatable bonds is 2. The number of halogens is 1. The fourth-order valence-corrected chi connectivity index (χ4v) is 4.46. The molecule has 0 bridgehead atoms. The maximum atomic E-state index is 12.1. The van der Waals surface area contributed by atoms with Crippen LogP contribution in [0.3, 0.4) is 0 Å². The van der Waals surface area contributed by atoms with E-state index < -0.39 is 0 Å². The van der Waals surface area contributed by atoms with Crippen LogP contribution < -0.4 is 5.32 Å². The first-order chi connectivity index (χ1) is 12.0. The number of fused-ring (bicyclic) bond motifs is 1. The summed E-state index contributed by atoms with van der Waals surface area (Å²) in [5.74, 6) is 1.11. The molecule has 0 saturated carbocycles. The number of amides is 1. The van der Waals surface area contributed by atoms with Crippen LogP contribution in [-0.2, 0) is 11.8 Å². The fourth-order valence-electron chi connectivity index (χ4n) is 3.13. The van der Waals surface area contributed by atoms with E-state index in [0.29, 0.717) is 10.8 Å². The van der Waals surface area contributed by atoms with Crippen LogP contribution in [0.5, 0.6) is 0 Å². The van der Waals surface area contributed by atoms with E-state index in [-0.39, 0.29) is 11.2 Å². The highest BCUT2D eigenvalue weighted by atomic mass is 35.5. The smallest absolute Gasteiger partial charge is 0.235 e. The molecule has 1 aliphatic heterocycles. The third-order valence-electron chi connectivity index (χ3n) is 4.25. The standard InChI is InChI=1S/C17H16ClN5OS/c1-9-14-16(25-8-13(24)20-17(14)23(2)22-9)12-7-19-21-15(12)10-3-5-11(18)6-4-10/h3-7,16H,8H2,1-2H3,(H,19,21)(H,20,24). The van der Waals surface area contributed by atoms with Crippen molar-refractivity contribution in [1.29, 1.82) is 0 Å². The number of H-pyrrole nitrogens is 1. The van der Waals surface area contributed by atoms with Crippen LogP contribution in [0.2, 0.25) is 5.02 Å². The van der Waals surface area contributed by atoms with Gasteiger partial charge in [-0.1, -0.05) is 23.7 Å². The van der Waals surface area contributed by atoms with Crippen LogP contribution in [-0.4, -0.2) is 31.6 Å².